The Morgan fingerprint density at radius 1 is 1.38 bits per heavy atom. The second kappa shape index (κ2) is 3.51. The highest BCUT2D eigenvalue weighted by molar-refractivity contribution is 5.78. The lowest BCUT2D eigenvalue weighted by Crippen LogP contribution is -2.35. The molecule has 2 bridgehead atoms. The third-order valence-corrected chi connectivity index (χ3v) is 3.74. The van der Waals surface area contributed by atoms with Crippen LogP contribution in [0, 0.1) is 23.7 Å². The monoisotopic (exact) mass is 228 g/mol. The summed E-state index contributed by atoms with van der Waals surface area (Å²) in [6, 6.07) is 0. The molecule has 3 fully saturated rings. The van der Waals surface area contributed by atoms with Crippen molar-refractivity contribution in [3.8, 4) is 0 Å². The lowest BCUT2D eigenvalue weighted by molar-refractivity contribution is -0.339. The zero-order valence-electron chi connectivity index (χ0n) is 8.70. The van der Waals surface area contributed by atoms with Gasteiger partial charge in [-0.1, -0.05) is 0 Å². The normalized spacial score (nSPS) is 49.1. The molecule has 6 nitrogen and oxygen atoms in total. The summed E-state index contributed by atoms with van der Waals surface area (Å²) in [5.74, 6) is -1.23. The zero-order valence-corrected chi connectivity index (χ0v) is 8.70. The SMILES string of the molecule is COC(=O)[C@@H]1[C@@H]2[C@@H]3OO[C@@H](O3)[C@@H]2C[C@@H]1C=O. The summed E-state index contributed by atoms with van der Waals surface area (Å²) in [5.41, 5.74) is 0. The maximum Gasteiger partial charge on any atom is 0.309 e. The van der Waals surface area contributed by atoms with Gasteiger partial charge in [-0.25, -0.2) is 9.78 Å². The summed E-state index contributed by atoms with van der Waals surface area (Å²) in [4.78, 5) is 32.5. The van der Waals surface area contributed by atoms with Crippen LogP contribution in [-0.2, 0) is 28.8 Å². The largest absolute Gasteiger partial charge is 0.469 e. The minimum absolute atomic E-state index is 0.0537. The van der Waals surface area contributed by atoms with Gasteiger partial charge in [0.15, 0.2) is 12.6 Å². The highest BCUT2D eigenvalue weighted by Gasteiger charge is 2.63. The van der Waals surface area contributed by atoms with Crippen molar-refractivity contribution in [2.75, 3.05) is 7.11 Å². The Morgan fingerprint density at radius 3 is 2.81 bits per heavy atom. The fraction of sp³-hybridized carbons (Fsp3) is 0.800. The lowest BCUT2D eigenvalue weighted by atomic mass is 9.87. The van der Waals surface area contributed by atoms with Crippen LogP contribution in [0.3, 0.4) is 0 Å². The Hall–Kier alpha value is -0.980. The van der Waals surface area contributed by atoms with Crippen molar-refractivity contribution >= 4 is 12.3 Å². The summed E-state index contributed by atoms with van der Waals surface area (Å²) in [6.07, 6.45) is 0.439. The summed E-state index contributed by atoms with van der Waals surface area (Å²) in [5, 5.41) is 0. The summed E-state index contributed by atoms with van der Waals surface area (Å²) < 4.78 is 10.1. The molecule has 6 atom stereocenters. The minimum Gasteiger partial charge on any atom is -0.469 e. The molecule has 0 aromatic heterocycles. The highest BCUT2D eigenvalue weighted by Crippen LogP contribution is 2.54. The van der Waals surface area contributed by atoms with Crippen LogP contribution in [-0.4, -0.2) is 31.9 Å². The predicted molar refractivity (Wildman–Crippen MR) is 47.5 cm³/mol. The number of esters is 1. The molecule has 0 radical (unpaired) electrons. The Morgan fingerprint density at radius 2 is 2.12 bits per heavy atom. The van der Waals surface area contributed by atoms with Crippen LogP contribution in [0.1, 0.15) is 6.42 Å². The van der Waals surface area contributed by atoms with Crippen LogP contribution in [0.2, 0.25) is 0 Å². The van der Waals surface area contributed by atoms with E-state index in [1.165, 1.54) is 7.11 Å². The number of aldehydes is 1. The van der Waals surface area contributed by atoms with Gasteiger partial charge in [-0.05, 0) is 6.42 Å². The molecule has 2 saturated heterocycles. The molecule has 2 aliphatic heterocycles. The van der Waals surface area contributed by atoms with Gasteiger partial charge in [0.25, 0.3) is 0 Å². The molecule has 3 rings (SSSR count). The maximum absolute atomic E-state index is 11.7. The number of ether oxygens (including phenoxy) is 2. The second-order valence-electron chi connectivity index (χ2n) is 4.39. The Bertz CT molecular complexity index is 329. The number of carbonyl (C=O) groups excluding carboxylic acids is 2. The molecule has 0 aromatic carbocycles. The van der Waals surface area contributed by atoms with E-state index >= 15 is 0 Å². The predicted octanol–water partition coefficient (Wildman–Crippen LogP) is -0.129. The van der Waals surface area contributed by atoms with Crippen LogP contribution in [0.25, 0.3) is 0 Å². The van der Waals surface area contributed by atoms with Gasteiger partial charge in [0.1, 0.15) is 6.29 Å². The number of carbonyl (C=O) groups is 2. The van der Waals surface area contributed by atoms with Gasteiger partial charge < -0.3 is 14.3 Å². The van der Waals surface area contributed by atoms with Crippen molar-refractivity contribution in [2.45, 2.75) is 19.0 Å². The zero-order chi connectivity index (χ0) is 11.3. The molecular formula is C10H12O6. The number of fused-ring (bicyclic) bond motifs is 5. The molecular weight excluding hydrogens is 216 g/mol. The molecule has 0 aromatic rings. The number of rotatable bonds is 2. The van der Waals surface area contributed by atoms with Crippen LogP contribution in [0.5, 0.6) is 0 Å². The number of hydrogen-bond acceptors (Lipinski definition) is 6. The average Bonchev–Trinajstić information content (AvgIpc) is 2.97. The highest BCUT2D eigenvalue weighted by atomic mass is 17.3. The molecule has 2 heterocycles. The van der Waals surface area contributed by atoms with Crippen LogP contribution in [0.15, 0.2) is 0 Å². The molecule has 6 heteroatoms. The van der Waals surface area contributed by atoms with Crippen molar-refractivity contribution in [3.63, 3.8) is 0 Å². The first-order chi connectivity index (χ1) is 7.76. The van der Waals surface area contributed by atoms with Gasteiger partial charge in [0.05, 0.1) is 13.0 Å². The molecule has 0 amide bonds. The van der Waals surface area contributed by atoms with Gasteiger partial charge in [0, 0.05) is 17.8 Å². The van der Waals surface area contributed by atoms with E-state index in [1.54, 1.807) is 0 Å². The smallest absolute Gasteiger partial charge is 0.309 e. The molecule has 1 saturated carbocycles. The molecule has 0 N–H and O–H groups in total. The first-order valence-corrected chi connectivity index (χ1v) is 5.27. The standard InChI is InChI=1S/C10H12O6/c1-13-8(12)6-4(3-11)2-5-7(6)10-14-9(5)15-16-10/h3-7,9-10H,2H2,1H3/t4-,5-,6+,7-,9-,10+/m1/s1. The van der Waals surface area contributed by atoms with Crippen molar-refractivity contribution in [2.24, 2.45) is 23.7 Å². The van der Waals surface area contributed by atoms with E-state index in [0.717, 1.165) is 6.29 Å². The summed E-state index contributed by atoms with van der Waals surface area (Å²) in [7, 11) is 1.32. The molecule has 3 aliphatic rings. The van der Waals surface area contributed by atoms with Crippen molar-refractivity contribution in [3.05, 3.63) is 0 Å². The molecule has 1 aliphatic carbocycles. The Kier molecular flexibility index (Phi) is 2.24. The van der Waals surface area contributed by atoms with Crippen molar-refractivity contribution in [1.29, 1.82) is 0 Å². The molecule has 0 spiro atoms. The quantitative estimate of drug-likeness (QED) is 0.372. The van der Waals surface area contributed by atoms with Gasteiger partial charge >= 0.3 is 5.97 Å². The number of hydrogen-bond donors (Lipinski definition) is 0. The maximum atomic E-state index is 11.7. The van der Waals surface area contributed by atoms with E-state index in [-0.39, 0.29) is 23.7 Å². The molecule has 0 unspecified atom stereocenters. The van der Waals surface area contributed by atoms with E-state index in [4.69, 9.17) is 19.2 Å². The topological polar surface area (TPSA) is 71.1 Å². The lowest BCUT2D eigenvalue weighted by Gasteiger charge is -2.23. The Labute approximate surface area is 91.7 Å². The number of methoxy groups -OCH3 is 1. The van der Waals surface area contributed by atoms with Crippen molar-refractivity contribution in [1.82, 2.24) is 0 Å². The van der Waals surface area contributed by atoms with E-state index in [1.807, 2.05) is 0 Å². The van der Waals surface area contributed by atoms with Gasteiger partial charge in [-0.15, -0.1) is 0 Å². The molecule has 16 heavy (non-hydrogen) atoms. The van der Waals surface area contributed by atoms with Crippen LogP contribution >= 0.6 is 0 Å². The third-order valence-electron chi connectivity index (χ3n) is 3.74. The Balaban J connectivity index is 1.89. The van der Waals surface area contributed by atoms with Crippen molar-refractivity contribution < 1.29 is 28.8 Å². The average molecular weight is 228 g/mol. The van der Waals surface area contributed by atoms with E-state index in [0.29, 0.717) is 6.42 Å². The van der Waals surface area contributed by atoms with Crippen LogP contribution in [0.4, 0.5) is 0 Å². The second-order valence-corrected chi connectivity index (χ2v) is 4.39. The summed E-state index contributed by atoms with van der Waals surface area (Å²) in [6.45, 7) is 0. The molecule has 88 valence electrons. The first-order valence-electron chi connectivity index (χ1n) is 5.27. The third kappa shape index (κ3) is 1.17. The van der Waals surface area contributed by atoms with Gasteiger partial charge in [0.2, 0.25) is 0 Å². The van der Waals surface area contributed by atoms with E-state index < -0.39 is 18.5 Å². The fourth-order valence-electron chi connectivity index (χ4n) is 3.06. The van der Waals surface area contributed by atoms with Gasteiger partial charge in [-0.2, -0.15) is 0 Å². The van der Waals surface area contributed by atoms with Crippen LogP contribution < -0.4 is 0 Å². The van der Waals surface area contributed by atoms with Gasteiger partial charge in [-0.3, -0.25) is 4.79 Å². The summed E-state index contributed by atoms with van der Waals surface area (Å²) >= 11 is 0. The van der Waals surface area contributed by atoms with E-state index in [9.17, 15) is 9.59 Å². The van der Waals surface area contributed by atoms with E-state index in [2.05, 4.69) is 0 Å². The first kappa shape index (κ1) is 10.2. The fourth-order valence-corrected chi connectivity index (χ4v) is 3.06. The minimum atomic E-state index is -0.538.